The lowest BCUT2D eigenvalue weighted by Gasteiger charge is -2.09. The van der Waals surface area contributed by atoms with Crippen molar-refractivity contribution >= 4 is 23.2 Å². The summed E-state index contributed by atoms with van der Waals surface area (Å²) in [5.41, 5.74) is 0.538. The van der Waals surface area contributed by atoms with Gasteiger partial charge in [0, 0.05) is 17.6 Å². The number of amides is 2. The fourth-order valence-corrected chi connectivity index (χ4v) is 1.53. The van der Waals surface area contributed by atoms with E-state index in [4.69, 9.17) is 0 Å². The molecule has 1 aromatic heterocycles. The first-order chi connectivity index (χ1) is 10.4. The first-order valence-corrected chi connectivity index (χ1v) is 6.07. The highest BCUT2D eigenvalue weighted by molar-refractivity contribution is 6.03. The lowest BCUT2D eigenvalue weighted by Crippen LogP contribution is -2.29. The van der Waals surface area contributed by atoms with E-state index in [9.17, 15) is 22.8 Å². The first kappa shape index (κ1) is 15.5. The number of rotatable bonds is 3. The van der Waals surface area contributed by atoms with E-state index in [2.05, 4.69) is 10.3 Å². The summed E-state index contributed by atoms with van der Waals surface area (Å²) in [6.45, 7) is 0. The third kappa shape index (κ3) is 4.05. The van der Waals surface area contributed by atoms with Crippen molar-refractivity contribution in [3.05, 3.63) is 54.4 Å². The number of benzene rings is 1. The van der Waals surface area contributed by atoms with Crippen molar-refractivity contribution in [3.63, 3.8) is 0 Å². The Morgan fingerprint density at radius 1 is 0.909 bits per heavy atom. The van der Waals surface area contributed by atoms with Crippen LogP contribution in [-0.4, -0.2) is 23.0 Å². The molecule has 0 saturated carbocycles. The molecule has 22 heavy (non-hydrogen) atoms. The number of carbonyl (C=O) groups is 2. The van der Waals surface area contributed by atoms with Crippen LogP contribution >= 0.6 is 0 Å². The number of anilines is 2. The highest BCUT2D eigenvalue weighted by atomic mass is 19.4. The van der Waals surface area contributed by atoms with Crippen LogP contribution in [0.4, 0.5) is 24.5 Å². The first-order valence-electron chi connectivity index (χ1n) is 6.07. The molecule has 0 atom stereocenters. The molecule has 0 radical (unpaired) electrons. The normalized spacial score (nSPS) is 10.9. The number of carbonyl (C=O) groups excluding carboxylic acids is 2. The minimum absolute atomic E-state index is 0.0295. The summed E-state index contributed by atoms with van der Waals surface area (Å²) >= 11 is 0. The van der Waals surface area contributed by atoms with Gasteiger partial charge in [-0.05, 0) is 36.4 Å². The zero-order valence-electron chi connectivity index (χ0n) is 11.0. The maximum Gasteiger partial charge on any atom is 0.471 e. The topological polar surface area (TPSA) is 71.1 Å². The smallest absolute Gasteiger partial charge is 0.321 e. The van der Waals surface area contributed by atoms with E-state index in [1.807, 2.05) is 0 Å². The van der Waals surface area contributed by atoms with Crippen LogP contribution in [0.25, 0.3) is 0 Å². The Balaban J connectivity index is 2.01. The summed E-state index contributed by atoms with van der Waals surface area (Å²) in [6.07, 6.45) is -3.49. The summed E-state index contributed by atoms with van der Waals surface area (Å²) in [5, 5.41) is 4.24. The number of pyridine rings is 1. The van der Waals surface area contributed by atoms with E-state index in [-0.39, 0.29) is 11.4 Å². The maximum atomic E-state index is 12.1. The molecule has 2 amide bonds. The number of alkyl halides is 3. The molecule has 8 heteroatoms. The van der Waals surface area contributed by atoms with Gasteiger partial charge in [-0.15, -0.1) is 0 Å². The van der Waals surface area contributed by atoms with Crippen LogP contribution in [-0.2, 0) is 4.79 Å². The summed E-state index contributed by atoms with van der Waals surface area (Å²) < 4.78 is 36.3. The number of halogens is 3. The van der Waals surface area contributed by atoms with E-state index in [0.29, 0.717) is 5.69 Å². The number of aromatic nitrogens is 1. The average Bonchev–Trinajstić information content (AvgIpc) is 2.49. The van der Waals surface area contributed by atoms with E-state index in [1.54, 1.807) is 17.4 Å². The molecule has 2 rings (SSSR count). The van der Waals surface area contributed by atoms with Gasteiger partial charge in [-0.3, -0.25) is 14.6 Å². The molecule has 0 spiro atoms. The Hall–Kier alpha value is -2.90. The Kier molecular flexibility index (Phi) is 4.40. The van der Waals surface area contributed by atoms with Crippen molar-refractivity contribution < 1.29 is 22.8 Å². The van der Waals surface area contributed by atoms with Crippen LogP contribution in [0.5, 0.6) is 0 Å². The van der Waals surface area contributed by atoms with Gasteiger partial charge < -0.3 is 10.6 Å². The molecular formula is C14H10F3N3O2. The van der Waals surface area contributed by atoms with Gasteiger partial charge in [0.15, 0.2) is 0 Å². The predicted octanol–water partition coefficient (Wildman–Crippen LogP) is 2.83. The van der Waals surface area contributed by atoms with Gasteiger partial charge in [0.2, 0.25) is 0 Å². The number of nitrogens with zero attached hydrogens (tertiary/aromatic N) is 1. The van der Waals surface area contributed by atoms with Gasteiger partial charge in [0.1, 0.15) is 5.69 Å². The molecule has 0 fully saturated rings. The van der Waals surface area contributed by atoms with Crippen LogP contribution in [0.1, 0.15) is 10.5 Å². The SMILES string of the molecule is O=C(Nc1ccc(NC(=O)C(F)(F)F)cc1)c1ccccn1. The van der Waals surface area contributed by atoms with Gasteiger partial charge in [-0.1, -0.05) is 6.07 Å². The van der Waals surface area contributed by atoms with Crippen LogP contribution < -0.4 is 10.6 Å². The third-order valence-electron chi connectivity index (χ3n) is 2.56. The summed E-state index contributed by atoms with van der Waals surface area (Å²) in [6, 6.07) is 10.1. The number of hydrogen-bond donors (Lipinski definition) is 2. The minimum Gasteiger partial charge on any atom is -0.321 e. The van der Waals surface area contributed by atoms with Crippen molar-refractivity contribution in [3.8, 4) is 0 Å². The summed E-state index contributed by atoms with van der Waals surface area (Å²) in [5.74, 6) is -2.51. The highest BCUT2D eigenvalue weighted by Crippen LogP contribution is 2.19. The van der Waals surface area contributed by atoms with Gasteiger partial charge in [0.25, 0.3) is 5.91 Å². The number of hydrogen-bond acceptors (Lipinski definition) is 3. The van der Waals surface area contributed by atoms with Crippen molar-refractivity contribution in [1.82, 2.24) is 4.98 Å². The monoisotopic (exact) mass is 309 g/mol. The fraction of sp³-hybridized carbons (Fsp3) is 0.0714. The molecule has 0 unspecified atom stereocenters. The molecule has 2 N–H and O–H groups in total. The Morgan fingerprint density at radius 3 is 2.00 bits per heavy atom. The second-order valence-electron chi connectivity index (χ2n) is 4.20. The minimum atomic E-state index is -4.95. The average molecular weight is 309 g/mol. The fourth-order valence-electron chi connectivity index (χ4n) is 1.53. The second-order valence-corrected chi connectivity index (χ2v) is 4.20. The molecule has 114 valence electrons. The van der Waals surface area contributed by atoms with Crippen LogP contribution in [0.2, 0.25) is 0 Å². The zero-order valence-corrected chi connectivity index (χ0v) is 11.0. The number of nitrogens with one attached hydrogen (secondary N) is 2. The predicted molar refractivity (Wildman–Crippen MR) is 73.3 cm³/mol. The Bertz CT molecular complexity index is 670. The van der Waals surface area contributed by atoms with E-state index in [1.165, 1.54) is 36.5 Å². The third-order valence-corrected chi connectivity index (χ3v) is 2.56. The molecule has 5 nitrogen and oxygen atoms in total. The molecule has 0 saturated heterocycles. The van der Waals surface area contributed by atoms with Crippen molar-refractivity contribution in [1.29, 1.82) is 0 Å². The van der Waals surface area contributed by atoms with Crippen LogP contribution in [0, 0.1) is 0 Å². The molecule has 1 heterocycles. The molecule has 0 bridgehead atoms. The molecule has 1 aromatic carbocycles. The largest absolute Gasteiger partial charge is 0.471 e. The van der Waals surface area contributed by atoms with Crippen molar-refractivity contribution in [2.45, 2.75) is 6.18 Å². The maximum absolute atomic E-state index is 12.1. The van der Waals surface area contributed by atoms with E-state index >= 15 is 0 Å². The molecule has 0 aliphatic rings. The molecule has 0 aliphatic heterocycles. The highest BCUT2D eigenvalue weighted by Gasteiger charge is 2.38. The Labute approximate surface area is 123 Å². The summed E-state index contributed by atoms with van der Waals surface area (Å²) in [4.78, 5) is 26.4. The summed E-state index contributed by atoms with van der Waals surface area (Å²) in [7, 11) is 0. The van der Waals surface area contributed by atoms with E-state index in [0.717, 1.165) is 0 Å². The van der Waals surface area contributed by atoms with Crippen molar-refractivity contribution in [2.75, 3.05) is 10.6 Å². The van der Waals surface area contributed by atoms with E-state index < -0.39 is 18.0 Å². The molecule has 2 aromatic rings. The van der Waals surface area contributed by atoms with Crippen molar-refractivity contribution in [2.24, 2.45) is 0 Å². The standard InChI is InChI=1S/C14H10F3N3O2/c15-14(16,17)13(22)20-10-6-4-9(5-7-10)19-12(21)11-3-1-2-8-18-11/h1-8H,(H,19,21)(H,20,22). The van der Waals surface area contributed by atoms with Gasteiger partial charge in [-0.25, -0.2) is 0 Å². The van der Waals surface area contributed by atoms with Crippen LogP contribution in [0.3, 0.4) is 0 Å². The zero-order chi connectivity index (χ0) is 16.2. The van der Waals surface area contributed by atoms with Crippen LogP contribution in [0.15, 0.2) is 48.7 Å². The van der Waals surface area contributed by atoms with Gasteiger partial charge in [0.05, 0.1) is 0 Å². The lowest BCUT2D eigenvalue weighted by molar-refractivity contribution is -0.167. The Morgan fingerprint density at radius 2 is 1.50 bits per heavy atom. The second kappa shape index (κ2) is 6.25. The van der Waals surface area contributed by atoms with Gasteiger partial charge in [-0.2, -0.15) is 13.2 Å². The van der Waals surface area contributed by atoms with Gasteiger partial charge >= 0.3 is 12.1 Å². The quantitative estimate of drug-likeness (QED) is 0.916. The molecular weight excluding hydrogens is 299 g/mol. The molecule has 0 aliphatic carbocycles. The lowest BCUT2D eigenvalue weighted by atomic mass is 10.2.